The Hall–Kier alpha value is -3.17. The van der Waals surface area contributed by atoms with Gasteiger partial charge in [-0.15, -0.1) is 0 Å². The van der Waals surface area contributed by atoms with Gasteiger partial charge < -0.3 is 19.5 Å². The molecule has 0 aliphatic carbocycles. The predicted molar refractivity (Wildman–Crippen MR) is 118 cm³/mol. The summed E-state index contributed by atoms with van der Waals surface area (Å²) in [5, 5.41) is 3.55. The number of rotatable bonds is 5. The van der Waals surface area contributed by atoms with E-state index in [0.717, 1.165) is 26.2 Å². The van der Waals surface area contributed by atoms with E-state index < -0.39 is 5.82 Å². The molecule has 0 unspecified atom stereocenters. The third-order valence-corrected chi connectivity index (χ3v) is 5.64. The molecule has 0 radical (unpaired) electrons. The molecule has 1 aromatic heterocycles. The van der Waals surface area contributed by atoms with Crippen molar-refractivity contribution in [3.05, 3.63) is 52.3 Å². The maximum Gasteiger partial charge on any atom is 0.266 e. The lowest BCUT2D eigenvalue weighted by Crippen LogP contribution is -2.44. The molecule has 3 heterocycles. The van der Waals surface area contributed by atoms with E-state index in [2.05, 4.69) is 10.2 Å². The Morgan fingerprint density at radius 3 is 2.62 bits per heavy atom. The first-order valence-electron chi connectivity index (χ1n) is 10.8. The minimum Gasteiger partial charge on any atom is -0.492 e. The van der Waals surface area contributed by atoms with Crippen molar-refractivity contribution in [1.82, 2.24) is 19.8 Å². The number of halogens is 1. The van der Waals surface area contributed by atoms with Crippen molar-refractivity contribution in [2.75, 3.05) is 46.0 Å². The number of ether oxygens (including phenoxy) is 3. The topological polar surface area (TPSA) is 77.9 Å². The maximum atomic E-state index is 14.0. The average molecular weight is 440 g/mol. The van der Waals surface area contributed by atoms with Gasteiger partial charge in [0.2, 0.25) is 0 Å². The first-order chi connectivity index (χ1) is 15.6. The van der Waals surface area contributed by atoms with Crippen molar-refractivity contribution in [2.24, 2.45) is 0 Å². The normalized spacial score (nSPS) is 16.3. The van der Waals surface area contributed by atoms with Gasteiger partial charge in [0, 0.05) is 38.3 Å². The molecule has 0 amide bonds. The second-order valence-corrected chi connectivity index (χ2v) is 7.75. The molecule has 0 saturated carbocycles. The molecule has 1 fully saturated rings. The lowest BCUT2D eigenvalue weighted by Gasteiger charge is -2.28. The molecule has 0 atom stereocenters. The number of hydrogen-bond acceptors (Lipinski definition) is 7. The van der Waals surface area contributed by atoms with Crippen molar-refractivity contribution < 1.29 is 18.6 Å². The van der Waals surface area contributed by atoms with Crippen LogP contribution in [0.25, 0.3) is 16.6 Å². The van der Waals surface area contributed by atoms with E-state index in [1.165, 1.54) is 16.7 Å². The van der Waals surface area contributed by atoms with Gasteiger partial charge in [0.1, 0.15) is 30.6 Å². The monoisotopic (exact) mass is 440 g/mol. The number of aromatic nitrogens is 2. The van der Waals surface area contributed by atoms with E-state index in [4.69, 9.17) is 19.2 Å². The summed E-state index contributed by atoms with van der Waals surface area (Å²) >= 11 is 0. The van der Waals surface area contributed by atoms with Gasteiger partial charge in [0.25, 0.3) is 5.56 Å². The largest absolute Gasteiger partial charge is 0.492 e. The standard InChI is InChI=1S/C23H25FN4O4/c1-2-30-19-13-21-20(31-9-10-32-21)12-18(19)28-22(14-27-7-5-25-6-8-27)26-17-4-3-15(24)11-16(17)23(28)29/h3-4,11-13,25H,2,5-10,14H2,1H3. The third kappa shape index (κ3) is 3.89. The molecule has 2 aliphatic rings. The minimum absolute atomic E-state index is 0.214. The van der Waals surface area contributed by atoms with Gasteiger partial charge in [0.15, 0.2) is 11.5 Å². The summed E-state index contributed by atoms with van der Waals surface area (Å²) in [7, 11) is 0. The lowest BCUT2D eigenvalue weighted by atomic mass is 10.2. The van der Waals surface area contributed by atoms with E-state index in [1.54, 1.807) is 18.2 Å². The van der Waals surface area contributed by atoms with E-state index in [9.17, 15) is 9.18 Å². The van der Waals surface area contributed by atoms with Crippen LogP contribution in [-0.2, 0) is 6.54 Å². The van der Waals surface area contributed by atoms with Crippen LogP contribution in [0, 0.1) is 5.82 Å². The number of nitrogens with zero attached hydrogens (tertiary/aromatic N) is 3. The molecule has 2 aliphatic heterocycles. The fourth-order valence-electron chi connectivity index (χ4n) is 4.13. The van der Waals surface area contributed by atoms with Gasteiger partial charge in [-0.05, 0) is 25.1 Å². The summed E-state index contributed by atoms with van der Waals surface area (Å²) < 4.78 is 32.8. The Balaban J connectivity index is 1.73. The fourth-order valence-corrected chi connectivity index (χ4v) is 4.13. The molecule has 1 N–H and O–H groups in total. The number of hydrogen-bond donors (Lipinski definition) is 1. The Labute approximate surface area is 184 Å². The first-order valence-corrected chi connectivity index (χ1v) is 10.8. The quantitative estimate of drug-likeness (QED) is 0.651. The zero-order chi connectivity index (χ0) is 22.1. The molecule has 2 aromatic carbocycles. The first kappa shape index (κ1) is 20.7. The van der Waals surface area contributed by atoms with Crippen molar-refractivity contribution >= 4 is 10.9 Å². The van der Waals surface area contributed by atoms with Gasteiger partial charge >= 0.3 is 0 Å². The van der Waals surface area contributed by atoms with Crippen molar-refractivity contribution in [1.29, 1.82) is 0 Å². The molecular formula is C23H25FN4O4. The van der Waals surface area contributed by atoms with Crippen LogP contribution in [-0.4, -0.2) is 60.5 Å². The number of nitrogens with one attached hydrogen (secondary N) is 1. The van der Waals surface area contributed by atoms with Crippen molar-refractivity contribution in [2.45, 2.75) is 13.5 Å². The van der Waals surface area contributed by atoms with Gasteiger partial charge in [-0.25, -0.2) is 9.37 Å². The average Bonchev–Trinajstić information content (AvgIpc) is 2.81. The van der Waals surface area contributed by atoms with Crippen molar-refractivity contribution in [3.63, 3.8) is 0 Å². The van der Waals surface area contributed by atoms with Crippen LogP contribution < -0.4 is 25.1 Å². The highest BCUT2D eigenvalue weighted by Crippen LogP contribution is 2.38. The number of benzene rings is 2. The maximum absolute atomic E-state index is 14.0. The minimum atomic E-state index is -0.481. The lowest BCUT2D eigenvalue weighted by molar-refractivity contribution is 0.170. The highest BCUT2D eigenvalue weighted by molar-refractivity contribution is 5.78. The third-order valence-electron chi connectivity index (χ3n) is 5.64. The van der Waals surface area contributed by atoms with Gasteiger partial charge in [0.05, 0.1) is 29.7 Å². The Bertz CT molecular complexity index is 1210. The number of fused-ring (bicyclic) bond motifs is 2. The smallest absolute Gasteiger partial charge is 0.266 e. The predicted octanol–water partition coefficient (Wildman–Crippen LogP) is 2.10. The summed E-state index contributed by atoms with van der Waals surface area (Å²) in [5.41, 5.74) is 0.621. The Kier molecular flexibility index (Phi) is 5.67. The molecule has 0 spiro atoms. The Morgan fingerprint density at radius 1 is 1.12 bits per heavy atom. The van der Waals surface area contributed by atoms with E-state index >= 15 is 0 Å². The molecule has 168 valence electrons. The molecule has 3 aromatic rings. The van der Waals surface area contributed by atoms with Crippen LogP contribution in [0.3, 0.4) is 0 Å². The fraction of sp³-hybridized carbons (Fsp3) is 0.391. The number of piperazine rings is 1. The molecular weight excluding hydrogens is 415 g/mol. The zero-order valence-corrected chi connectivity index (χ0v) is 17.9. The van der Waals surface area contributed by atoms with Crippen molar-refractivity contribution in [3.8, 4) is 22.9 Å². The summed E-state index contributed by atoms with van der Waals surface area (Å²) in [6.45, 7) is 7.06. The van der Waals surface area contributed by atoms with Crippen LogP contribution in [0.15, 0.2) is 35.1 Å². The second-order valence-electron chi connectivity index (χ2n) is 7.75. The summed E-state index contributed by atoms with van der Waals surface area (Å²) in [5.74, 6) is 1.67. The molecule has 0 bridgehead atoms. The van der Waals surface area contributed by atoms with Gasteiger partial charge in [-0.2, -0.15) is 0 Å². The van der Waals surface area contributed by atoms with Gasteiger partial charge in [-0.1, -0.05) is 0 Å². The van der Waals surface area contributed by atoms with Crippen LogP contribution in [0.1, 0.15) is 12.7 Å². The zero-order valence-electron chi connectivity index (χ0n) is 17.9. The summed E-state index contributed by atoms with van der Waals surface area (Å²) in [4.78, 5) is 20.7. The van der Waals surface area contributed by atoms with Crippen LogP contribution in [0.4, 0.5) is 4.39 Å². The molecule has 5 rings (SSSR count). The molecule has 8 nitrogen and oxygen atoms in total. The second kappa shape index (κ2) is 8.76. The SMILES string of the molecule is CCOc1cc2c(cc1-n1c(CN3CCNCC3)nc3ccc(F)cc3c1=O)OCCO2. The highest BCUT2D eigenvalue weighted by atomic mass is 19.1. The van der Waals surface area contributed by atoms with Gasteiger partial charge in [-0.3, -0.25) is 14.3 Å². The highest BCUT2D eigenvalue weighted by Gasteiger charge is 2.23. The van der Waals surface area contributed by atoms with E-state index in [1.807, 2.05) is 6.92 Å². The molecule has 9 heteroatoms. The Morgan fingerprint density at radius 2 is 1.88 bits per heavy atom. The summed E-state index contributed by atoms with van der Waals surface area (Å²) in [6, 6.07) is 7.58. The van der Waals surface area contributed by atoms with Crippen LogP contribution in [0.5, 0.6) is 17.2 Å². The summed E-state index contributed by atoms with van der Waals surface area (Å²) in [6.07, 6.45) is 0. The molecule has 1 saturated heterocycles. The molecule has 32 heavy (non-hydrogen) atoms. The van der Waals surface area contributed by atoms with Crippen LogP contribution >= 0.6 is 0 Å². The van der Waals surface area contributed by atoms with E-state index in [-0.39, 0.29) is 10.9 Å². The van der Waals surface area contributed by atoms with E-state index in [0.29, 0.717) is 60.6 Å². The van der Waals surface area contributed by atoms with Crippen LogP contribution in [0.2, 0.25) is 0 Å².